The van der Waals surface area contributed by atoms with E-state index in [-0.39, 0.29) is 24.9 Å². The van der Waals surface area contributed by atoms with Crippen molar-refractivity contribution in [2.45, 2.75) is 33.2 Å². The van der Waals surface area contributed by atoms with Gasteiger partial charge in [0.15, 0.2) is 5.78 Å². The number of rotatable bonds is 10. The van der Waals surface area contributed by atoms with E-state index in [1.54, 1.807) is 13.8 Å². The Bertz CT molecular complexity index is 511. The van der Waals surface area contributed by atoms with Crippen LogP contribution in [0.2, 0.25) is 0 Å². The highest BCUT2D eigenvalue weighted by atomic mass is 32.2. The Morgan fingerprint density at radius 3 is 2.23 bits per heavy atom. The number of amides is 1. The first-order valence-corrected chi connectivity index (χ1v) is 8.50. The van der Waals surface area contributed by atoms with Crippen molar-refractivity contribution in [2.75, 3.05) is 19.0 Å². The summed E-state index contributed by atoms with van der Waals surface area (Å²) in [7, 11) is -4.19. The third-order valence-electron chi connectivity index (χ3n) is 2.88. The molecule has 1 amide bonds. The molecular formula is C14H25NO6S. The number of hydrogen-bond acceptors (Lipinski definition) is 5. The first-order valence-electron chi connectivity index (χ1n) is 6.89. The second-order valence-electron chi connectivity index (χ2n) is 6.05. The lowest BCUT2D eigenvalue weighted by molar-refractivity contribution is -0.128. The lowest BCUT2D eigenvalue weighted by Crippen LogP contribution is -2.50. The van der Waals surface area contributed by atoms with Gasteiger partial charge < -0.3 is 10.1 Å². The Morgan fingerprint density at radius 2 is 1.77 bits per heavy atom. The van der Waals surface area contributed by atoms with E-state index < -0.39 is 33.2 Å². The number of ketones is 1. The maximum atomic E-state index is 12.0. The minimum absolute atomic E-state index is 0.0998. The Kier molecular flexibility index (Phi) is 7.92. The minimum atomic E-state index is -4.19. The van der Waals surface area contributed by atoms with Gasteiger partial charge in [-0.1, -0.05) is 20.4 Å². The first-order chi connectivity index (χ1) is 9.88. The summed E-state index contributed by atoms with van der Waals surface area (Å²) >= 11 is 0. The first kappa shape index (κ1) is 20.8. The molecule has 0 bridgehead atoms. The number of allylic oxidation sites excluding steroid dienone is 1. The average molecular weight is 335 g/mol. The Balaban J connectivity index is 4.33. The van der Waals surface area contributed by atoms with Crippen LogP contribution in [0.5, 0.6) is 0 Å². The van der Waals surface area contributed by atoms with Crippen molar-refractivity contribution in [3.05, 3.63) is 12.7 Å². The number of ether oxygens (including phenoxy) is 1. The third-order valence-corrected chi connectivity index (χ3v) is 3.96. The summed E-state index contributed by atoms with van der Waals surface area (Å²) in [6, 6.07) is 0. The average Bonchev–Trinajstić information content (AvgIpc) is 2.33. The molecule has 2 atom stereocenters. The van der Waals surface area contributed by atoms with Gasteiger partial charge >= 0.3 is 0 Å². The number of carbonyl (C=O) groups is 2. The molecule has 7 nitrogen and oxygen atoms in total. The molecule has 8 heteroatoms. The molecule has 2 N–H and O–H groups in total. The standard InChI is InChI=1S/C14H25NO6S/c1-6-12(16)10(2)7-21-8-11(3)13(17)15-14(4,5)9-22(18,19)20/h6,10-11H,1,7-9H2,2-5H3,(H,15,17)(H,18,19,20). The van der Waals surface area contributed by atoms with E-state index in [1.165, 1.54) is 19.9 Å². The van der Waals surface area contributed by atoms with E-state index >= 15 is 0 Å². The number of nitrogens with one attached hydrogen (secondary N) is 1. The van der Waals surface area contributed by atoms with Crippen molar-refractivity contribution in [3.63, 3.8) is 0 Å². The zero-order chi connectivity index (χ0) is 17.6. The van der Waals surface area contributed by atoms with Crippen LogP contribution < -0.4 is 5.32 Å². The monoisotopic (exact) mass is 335 g/mol. The molecule has 0 aromatic rings. The fraction of sp³-hybridized carbons (Fsp3) is 0.714. The van der Waals surface area contributed by atoms with Crippen LogP contribution in [0.4, 0.5) is 0 Å². The molecule has 2 unspecified atom stereocenters. The fourth-order valence-corrected chi connectivity index (χ4v) is 2.71. The van der Waals surface area contributed by atoms with Crippen molar-refractivity contribution in [1.82, 2.24) is 5.32 Å². The van der Waals surface area contributed by atoms with Crippen LogP contribution in [-0.4, -0.2) is 49.2 Å². The molecule has 0 rings (SSSR count). The molecule has 0 aliphatic rings. The Hall–Kier alpha value is -1.25. The second-order valence-corrected chi connectivity index (χ2v) is 7.50. The zero-order valence-corrected chi connectivity index (χ0v) is 14.3. The Labute approximate surface area is 131 Å². The fourth-order valence-electron chi connectivity index (χ4n) is 1.73. The van der Waals surface area contributed by atoms with Gasteiger partial charge in [0.25, 0.3) is 10.1 Å². The van der Waals surface area contributed by atoms with Crippen molar-refractivity contribution >= 4 is 21.8 Å². The highest BCUT2D eigenvalue weighted by Crippen LogP contribution is 2.09. The molecule has 0 saturated heterocycles. The van der Waals surface area contributed by atoms with Crippen LogP contribution >= 0.6 is 0 Å². The minimum Gasteiger partial charge on any atom is -0.380 e. The summed E-state index contributed by atoms with van der Waals surface area (Å²) in [5.74, 6) is -1.96. The quantitative estimate of drug-likeness (QED) is 0.452. The second kappa shape index (κ2) is 8.40. The molecule has 22 heavy (non-hydrogen) atoms. The Morgan fingerprint density at radius 1 is 1.27 bits per heavy atom. The molecule has 0 radical (unpaired) electrons. The maximum Gasteiger partial charge on any atom is 0.267 e. The zero-order valence-electron chi connectivity index (χ0n) is 13.5. The van der Waals surface area contributed by atoms with Gasteiger partial charge in [0.1, 0.15) is 0 Å². The van der Waals surface area contributed by atoms with Crippen LogP contribution in [0, 0.1) is 11.8 Å². The summed E-state index contributed by atoms with van der Waals surface area (Å²) in [5, 5.41) is 2.54. The molecule has 0 aliphatic carbocycles. The van der Waals surface area contributed by atoms with Gasteiger partial charge in [-0.15, -0.1) is 0 Å². The largest absolute Gasteiger partial charge is 0.380 e. The van der Waals surface area contributed by atoms with Crippen LogP contribution in [0.3, 0.4) is 0 Å². The predicted molar refractivity (Wildman–Crippen MR) is 83.0 cm³/mol. The van der Waals surface area contributed by atoms with Gasteiger partial charge in [-0.25, -0.2) is 0 Å². The van der Waals surface area contributed by atoms with E-state index in [0.29, 0.717) is 0 Å². The van der Waals surface area contributed by atoms with Crippen LogP contribution in [0.1, 0.15) is 27.7 Å². The van der Waals surface area contributed by atoms with Crippen molar-refractivity contribution in [2.24, 2.45) is 11.8 Å². The lowest BCUT2D eigenvalue weighted by Gasteiger charge is -2.26. The van der Waals surface area contributed by atoms with Gasteiger partial charge in [-0.2, -0.15) is 8.42 Å². The molecule has 0 fully saturated rings. The molecule has 0 aromatic heterocycles. The smallest absolute Gasteiger partial charge is 0.267 e. The van der Waals surface area contributed by atoms with Gasteiger partial charge in [0.05, 0.1) is 30.4 Å². The predicted octanol–water partition coefficient (Wildman–Crippen LogP) is 0.813. The highest BCUT2D eigenvalue weighted by molar-refractivity contribution is 7.85. The van der Waals surface area contributed by atoms with E-state index in [1.807, 2.05) is 0 Å². The highest BCUT2D eigenvalue weighted by Gasteiger charge is 2.28. The molecule has 0 saturated carbocycles. The van der Waals surface area contributed by atoms with Gasteiger partial charge in [-0.3, -0.25) is 14.1 Å². The summed E-state index contributed by atoms with van der Waals surface area (Å²) < 4.78 is 35.9. The van der Waals surface area contributed by atoms with E-state index in [2.05, 4.69) is 11.9 Å². The summed E-state index contributed by atoms with van der Waals surface area (Å²) in [6.45, 7) is 9.98. The van der Waals surface area contributed by atoms with Gasteiger partial charge in [0.2, 0.25) is 5.91 Å². The number of carbonyl (C=O) groups excluding carboxylic acids is 2. The molecule has 128 valence electrons. The van der Waals surface area contributed by atoms with E-state index in [9.17, 15) is 18.0 Å². The molecular weight excluding hydrogens is 310 g/mol. The summed E-state index contributed by atoms with van der Waals surface area (Å²) in [6.07, 6.45) is 1.22. The van der Waals surface area contributed by atoms with Crippen LogP contribution in [-0.2, 0) is 24.4 Å². The normalized spacial score (nSPS) is 15.0. The topological polar surface area (TPSA) is 110 Å². The third kappa shape index (κ3) is 8.91. The molecule has 0 spiro atoms. The maximum absolute atomic E-state index is 12.0. The van der Waals surface area contributed by atoms with Crippen LogP contribution in [0.15, 0.2) is 12.7 Å². The summed E-state index contributed by atoms with van der Waals surface area (Å²) in [5.41, 5.74) is -1.09. The SMILES string of the molecule is C=CC(=O)C(C)COCC(C)C(=O)NC(C)(C)CS(=O)(=O)O. The number of hydrogen-bond donors (Lipinski definition) is 2. The molecule has 0 aromatic carbocycles. The van der Waals surface area contributed by atoms with Crippen molar-refractivity contribution in [3.8, 4) is 0 Å². The van der Waals surface area contributed by atoms with Gasteiger partial charge in [0, 0.05) is 5.92 Å². The molecule has 0 heterocycles. The lowest BCUT2D eigenvalue weighted by atomic mass is 10.1. The van der Waals surface area contributed by atoms with Gasteiger partial charge in [-0.05, 0) is 19.9 Å². The van der Waals surface area contributed by atoms with Crippen molar-refractivity contribution in [1.29, 1.82) is 0 Å². The van der Waals surface area contributed by atoms with Crippen molar-refractivity contribution < 1.29 is 27.3 Å². The van der Waals surface area contributed by atoms with Crippen LogP contribution in [0.25, 0.3) is 0 Å². The molecule has 0 aliphatic heterocycles. The summed E-state index contributed by atoms with van der Waals surface area (Å²) in [4.78, 5) is 23.2. The van der Waals surface area contributed by atoms with E-state index in [4.69, 9.17) is 9.29 Å². The van der Waals surface area contributed by atoms with E-state index in [0.717, 1.165) is 0 Å².